The summed E-state index contributed by atoms with van der Waals surface area (Å²) in [5, 5.41) is 9.28. The van der Waals surface area contributed by atoms with E-state index < -0.39 is 23.0 Å². The van der Waals surface area contributed by atoms with Crippen LogP contribution in [0.4, 0.5) is 8.78 Å². The molecule has 5 nitrogen and oxygen atoms in total. The van der Waals surface area contributed by atoms with Crippen molar-refractivity contribution < 1.29 is 23.4 Å². The van der Waals surface area contributed by atoms with E-state index in [1.54, 1.807) is 13.0 Å². The molecule has 0 saturated carbocycles. The molecule has 0 amide bonds. The van der Waals surface area contributed by atoms with Crippen molar-refractivity contribution in [3.05, 3.63) is 80.1 Å². The van der Waals surface area contributed by atoms with Crippen molar-refractivity contribution in [3.63, 3.8) is 0 Å². The second-order valence-corrected chi connectivity index (χ2v) is 6.77. The zero-order chi connectivity index (χ0) is 21.1. The van der Waals surface area contributed by atoms with Gasteiger partial charge in [-0.1, -0.05) is 23.7 Å². The Morgan fingerprint density at radius 3 is 2.69 bits per heavy atom. The third-order valence-electron chi connectivity index (χ3n) is 4.50. The third kappa shape index (κ3) is 4.16. The first-order valence-corrected chi connectivity index (χ1v) is 9.31. The molecule has 3 aromatic rings. The largest absolute Gasteiger partial charge is 0.462 e. The number of ether oxygens (including phenoxy) is 1. The van der Waals surface area contributed by atoms with Gasteiger partial charge < -0.3 is 14.4 Å². The molecule has 0 fully saturated rings. The number of pyridine rings is 1. The molecule has 0 unspecified atom stereocenters. The predicted molar refractivity (Wildman–Crippen MR) is 105 cm³/mol. The summed E-state index contributed by atoms with van der Waals surface area (Å²) in [5.74, 6) is -2.11. The van der Waals surface area contributed by atoms with Crippen LogP contribution < -0.4 is 5.43 Å². The minimum atomic E-state index is -0.808. The van der Waals surface area contributed by atoms with Crippen LogP contribution in [0.25, 0.3) is 10.9 Å². The number of nitrogens with zero attached hydrogens (tertiary/aromatic N) is 1. The lowest BCUT2D eigenvalue weighted by Gasteiger charge is -2.14. The number of hydrogen-bond acceptors (Lipinski definition) is 4. The van der Waals surface area contributed by atoms with Gasteiger partial charge in [0, 0.05) is 24.5 Å². The summed E-state index contributed by atoms with van der Waals surface area (Å²) in [6.45, 7) is 1.46. The molecule has 8 heteroatoms. The smallest absolute Gasteiger partial charge is 0.343 e. The number of hydrogen-bond donors (Lipinski definition) is 1. The van der Waals surface area contributed by atoms with E-state index in [0.717, 1.165) is 6.07 Å². The number of aliphatic hydroxyl groups excluding tert-OH is 1. The predicted octanol–water partition coefficient (Wildman–Crippen LogP) is 3.69. The Labute approximate surface area is 170 Å². The quantitative estimate of drug-likeness (QED) is 0.616. The Morgan fingerprint density at radius 1 is 1.24 bits per heavy atom. The highest BCUT2D eigenvalue weighted by molar-refractivity contribution is 6.30. The van der Waals surface area contributed by atoms with Crippen molar-refractivity contribution in [1.82, 2.24) is 4.57 Å². The minimum absolute atomic E-state index is 0.0465. The van der Waals surface area contributed by atoms with Crippen LogP contribution in [0, 0.1) is 11.6 Å². The van der Waals surface area contributed by atoms with Gasteiger partial charge in [-0.15, -0.1) is 0 Å². The zero-order valence-corrected chi connectivity index (χ0v) is 16.3. The number of rotatable bonds is 6. The lowest BCUT2D eigenvalue weighted by molar-refractivity contribution is 0.0524. The molecule has 0 spiro atoms. The summed E-state index contributed by atoms with van der Waals surface area (Å²) in [5.41, 5.74) is -0.384. The van der Waals surface area contributed by atoms with Gasteiger partial charge >= 0.3 is 5.97 Å². The molecule has 0 aliphatic carbocycles. The number of esters is 1. The van der Waals surface area contributed by atoms with Crippen LogP contribution in [0.15, 0.2) is 41.3 Å². The second-order valence-electron chi connectivity index (χ2n) is 6.36. The molecule has 152 valence electrons. The van der Waals surface area contributed by atoms with Gasteiger partial charge in [-0.3, -0.25) is 4.79 Å². The van der Waals surface area contributed by atoms with Gasteiger partial charge in [0.15, 0.2) is 0 Å². The van der Waals surface area contributed by atoms with Crippen LogP contribution in [0.3, 0.4) is 0 Å². The number of carbonyl (C=O) groups is 1. The molecule has 1 heterocycles. The molecule has 29 heavy (non-hydrogen) atoms. The van der Waals surface area contributed by atoms with E-state index in [0.29, 0.717) is 0 Å². The number of halogens is 3. The first-order valence-electron chi connectivity index (χ1n) is 8.93. The fourth-order valence-corrected chi connectivity index (χ4v) is 3.32. The maximum atomic E-state index is 14.7. The van der Waals surface area contributed by atoms with E-state index in [9.17, 15) is 23.5 Å². The molecule has 0 aliphatic heterocycles. The van der Waals surface area contributed by atoms with Crippen LogP contribution in [0.5, 0.6) is 0 Å². The van der Waals surface area contributed by atoms with Gasteiger partial charge in [0.05, 0.1) is 23.8 Å². The molecule has 0 bridgehead atoms. The maximum Gasteiger partial charge on any atom is 0.343 e. The van der Waals surface area contributed by atoms with E-state index in [1.807, 2.05) is 0 Å². The first-order chi connectivity index (χ1) is 13.9. The van der Waals surface area contributed by atoms with Gasteiger partial charge in [-0.05, 0) is 36.2 Å². The number of carbonyl (C=O) groups excluding carboxylic acids is 1. The standard InChI is InChI=1S/C21H18ClF2NO4/c1-2-29-21(28)15-11-25(6-7-26)18-10-17(23)13(9-14(18)20(15)27)8-12-4-3-5-16(22)19(12)24/h3-5,9-11,26H,2,6-8H2,1H3. The number of aromatic nitrogens is 1. The monoisotopic (exact) mass is 421 g/mol. The van der Waals surface area contributed by atoms with Crippen LogP contribution in [0.1, 0.15) is 28.4 Å². The fourth-order valence-electron chi connectivity index (χ4n) is 3.13. The molecule has 0 atom stereocenters. The molecular formula is C21H18ClF2NO4. The van der Waals surface area contributed by atoms with Crippen molar-refractivity contribution in [2.24, 2.45) is 0 Å². The molecular weight excluding hydrogens is 404 g/mol. The Balaban J connectivity index is 2.20. The summed E-state index contributed by atoms with van der Waals surface area (Å²) in [7, 11) is 0. The summed E-state index contributed by atoms with van der Waals surface area (Å²) < 4.78 is 35.3. The normalized spacial score (nSPS) is 11.1. The van der Waals surface area contributed by atoms with Crippen molar-refractivity contribution in [2.75, 3.05) is 13.2 Å². The topological polar surface area (TPSA) is 68.5 Å². The number of aliphatic hydroxyl groups is 1. The summed E-state index contributed by atoms with van der Waals surface area (Å²) >= 11 is 5.78. The molecule has 0 radical (unpaired) electrons. The SMILES string of the molecule is CCOC(=O)c1cn(CCO)c2cc(F)c(Cc3cccc(Cl)c3F)cc2c1=O. The Bertz CT molecular complexity index is 1140. The van der Waals surface area contributed by atoms with Crippen molar-refractivity contribution in [2.45, 2.75) is 19.9 Å². The highest BCUT2D eigenvalue weighted by Gasteiger charge is 2.19. The lowest BCUT2D eigenvalue weighted by Crippen LogP contribution is -2.22. The Hall–Kier alpha value is -2.77. The summed E-state index contributed by atoms with van der Waals surface area (Å²) in [6, 6.07) is 6.84. The summed E-state index contributed by atoms with van der Waals surface area (Å²) in [4.78, 5) is 25.0. The van der Waals surface area contributed by atoms with Gasteiger partial charge in [0.25, 0.3) is 0 Å². The van der Waals surface area contributed by atoms with E-state index in [-0.39, 0.29) is 58.8 Å². The first kappa shape index (κ1) is 21.0. The average molecular weight is 422 g/mol. The molecule has 0 saturated heterocycles. The molecule has 1 aromatic heterocycles. The highest BCUT2D eigenvalue weighted by atomic mass is 35.5. The third-order valence-corrected chi connectivity index (χ3v) is 4.79. The molecule has 3 rings (SSSR count). The van der Waals surface area contributed by atoms with E-state index in [2.05, 4.69) is 0 Å². The number of fused-ring (bicyclic) bond motifs is 1. The van der Waals surface area contributed by atoms with Crippen LogP contribution in [0.2, 0.25) is 5.02 Å². The second kappa shape index (κ2) is 8.71. The molecule has 2 aromatic carbocycles. The Morgan fingerprint density at radius 2 is 2.00 bits per heavy atom. The van der Waals surface area contributed by atoms with Crippen molar-refractivity contribution in [3.8, 4) is 0 Å². The van der Waals surface area contributed by atoms with Gasteiger partial charge in [-0.25, -0.2) is 13.6 Å². The van der Waals surface area contributed by atoms with Crippen LogP contribution in [-0.2, 0) is 17.7 Å². The fraction of sp³-hybridized carbons (Fsp3) is 0.238. The minimum Gasteiger partial charge on any atom is -0.462 e. The van der Waals surface area contributed by atoms with Gasteiger partial charge in [0.2, 0.25) is 5.43 Å². The van der Waals surface area contributed by atoms with Crippen LogP contribution in [-0.4, -0.2) is 28.9 Å². The molecule has 0 aliphatic rings. The van der Waals surface area contributed by atoms with E-state index in [1.165, 1.54) is 29.0 Å². The van der Waals surface area contributed by atoms with Gasteiger partial charge in [-0.2, -0.15) is 0 Å². The Kier molecular flexibility index (Phi) is 6.30. The summed E-state index contributed by atoms with van der Waals surface area (Å²) in [6.07, 6.45) is 1.12. The average Bonchev–Trinajstić information content (AvgIpc) is 2.69. The van der Waals surface area contributed by atoms with Crippen LogP contribution >= 0.6 is 11.6 Å². The van der Waals surface area contributed by atoms with Crippen molar-refractivity contribution in [1.29, 1.82) is 0 Å². The van der Waals surface area contributed by atoms with E-state index >= 15 is 0 Å². The van der Waals surface area contributed by atoms with Crippen molar-refractivity contribution >= 4 is 28.5 Å². The zero-order valence-electron chi connectivity index (χ0n) is 15.5. The van der Waals surface area contributed by atoms with E-state index in [4.69, 9.17) is 16.3 Å². The maximum absolute atomic E-state index is 14.7. The molecule has 1 N–H and O–H groups in total. The highest BCUT2D eigenvalue weighted by Crippen LogP contribution is 2.24. The van der Waals surface area contributed by atoms with Gasteiger partial charge in [0.1, 0.15) is 17.2 Å². The lowest BCUT2D eigenvalue weighted by atomic mass is 10.0. The number of benzene rings is 2.